The van der Waals surface area contributed by atoms with Gasteiger partial charge in [0.25, 0.3) is 0 Å². The monoisotopic (exact) mass is 217 g/mol. The van der Waals surface area contributed by atoms with E-state index >= 15 is 0 Å². The molecular weight excluding hydrogens is 198 g/mol. The van der Waals surface area contributed by atoms with Gasteiger partial charge in [0.1, 0.15) is 5.60 Å². The molecular formula is C10H19NO4. The van der Waals surface area contributed by atoms with Crippen LogP contribution in [0.25, 0.3) is 0 Å². The minimum atomic E-state index is -1.19. The van der Waals surface area contributed by atoms with Gasteiger partial charge in [0.15, 0.2) is 5.92 Å². The summed E-state index contributed by atoms with van der Waals surface area (Å²) in [5.74, 6) is -3.10. The van der Waals surface area contributed by atoms with E-state index < -0.39 is 23.5 Å². The van der Waals surface area contributed by atoms with Crippen LogP contribution in [0.5, 0.6) is 0 Å². The van der Waals surface area contributed by atoms with Crippen molar-refractivity contribution >= 4 is 11.9 Å². The maximum absolute atomic E-state index is 11.5. The van der Waals surface area contributed by atoms with Gasteiger partial charge in [-0.2, -0.15) is 0 Å². The number of carboxylic acids is 1. The first-order valence-corrected chi connectivity index (χ1v) is 4.84. The fraction of sp³-hybridized carbons (Fsp3) is 0.800. The molecule has 15 heavy (non-hydrogen) atoms. The fourth-order valence-corrected chi connectivity index (χ4v) is 1.04. The molecule has 0 saturated heterocycles. The summed E-state index contributed by atoms with van der Waals surface area (Å²) in [6.07, 6.45) is 0.0875. The summed E-state index contributed by atoms with van der Waals surface area (Å²) < 4.78 is 4.99. The van der Waals surface area contributed by atoms with E-state index in [4.69, 9.17) is 15.6 Å². The lowest BCUT2D eigenvalue weighted by molar-refractivity contribution is -0.167. The predicted octanol–water partition coefficient (Wildman–Crippen LogP) is 0.766. The van der Waals surface area contributed by atoms with Crippen LogP contribution in [0, 0.1) is 5.92 Å². The van der Waals surface area contributed by atoms with E-state index in [0.29, 0.717) is 0 Å². The molecule has 0 saturated carbocycles. The summed E-state index contributed by atoms with van der Waals surface area (Å²) in [5, 5.41) is 8.83. The van der Waals surface area contributed by atoms with Gasteiger partial charge in [-0.15, -0.1) is 0 Å². The average molecular weight is 217 g/mol. The summed E-state index contributed by atoms with van der Waals surface area (Å²) >= 11 is 0. The molecule has 0 bridgehead atoms. The normalized spacial score (nSPS) is 15.5. The molecule has 0 aliphatic rings. The number of carbonyl (C=O) groups excluding carboxylic acids is 1. The van der Waals surface area contributed by atoms with Crippen LogP contribution in [0.15, 0.2) is 0 Å². The van der Waals surface area contributed by atoms with Gasteiger partial charge in [0.05, 0.1) is 0 Å². The van der Waals surface area contributed by atoms with E-state index in [1.807, 2.05) is 0 Å². The van der Waals surface area contributed by atoms with Crippen LogP contribution >= 0.6 is 0 Å². The standard InChI is InChI=1S/C10H19NO4/c1-6(11)5-7(8(12)13)9(14)15-10(2,3)4/h6-7H,5,11H2,1-4H3,(H,12,13)/t6?,7-/m0/s1. The summed E-state index contributed by atoms with van der Waals surface area (Å²) in [6, 6.07) is -0.349. The average Bonchev–Trinajstić information content (AvgIpc) is 1.95. The third-order valence-corrected chi connectivity index (χ3v) is 1.60. The van der Waals surface area contributed by atoms with Crippen molar-refractivity contribution in [1.29, 1.82) is 0 Å². The smallest absolute Gasteiger partial charge is 0.320 e. The van der Waals surface area contributed by atoms with Gasteiger partial charge in [-0.3, -0.25) is 9.59 Å². The van der Waals surface area contributed by atoms with Crippen LogP contribution in [-0.4, -0.2) is 28.7 Å². The number of hydrogen-bond acceptors (Lipinski definition) is 4. The second-order valence-electron chi connectivity index (χ2n) is 4.64. The van der Waals surface area contributed by atoms with Gasteiger partial charge in [-0.1, -0.05) is 0 Å². The molecule has 1 unspecified atom stereocenters. The first-order chi connectivity index (χ1) is 6.63. The maximum Gasteiger partial charge on any atom is 0.320 e. The molecule has 5 heteroatoms. The quantitative estimate of drug-likeness (QED) is 0.536. The van der Waals surface area contributed by atoms with Crippen LogP contribution in [0.3, 0.4) is 0 Å². The van der Waals surface area contributed by atoms with Crippen molar-refractivity contribution in [1.82, 2.24) is 0 Å². The van der Waals surface area contributed by atoms with E-state index in [1.54, 1.807) is 27.7 Å². The number of aliphatic carboxylic acids is 1. The van der Waals surface area contributed by atoms with Gasteiger partial charge in [0, 0.05) is 6.04 Å². The molecule has 0 aliphatic carbocycles. The second-order valence-corrected chi connectivity index (χ2v) is 4.64. The zero-order chi connectivity index (χ0) is 12.2. The molecule has 2 atom stereocenters. The number of ether oxygens (including phenoxy) is 1. The largest absolute Gasteiger partial charge is 0.481 e. The molecule has 0 spiro atoms. The number of carbonyl (C=O) groups is 2. The van der Waals surface area contributed by atoms with Crippen molar-refractivity contribution in [3.05, 3.63) is 0 Å². The second kappa shape index (κ2) is 5.11. The van der Waals surface area contributed by atoms with E-state index in [0.717, 1.165) is 0 Å². The lowest BCUT2D eigenvalue weighted by Gasteiger charge is -2.22. The molecule has 5 nitrogen and oxygen atoms in total. The van der Waals surface area contributed by atoms with Crippen molar-refractivity contribution in [2.24, 2.45) is 11.7 Å². The highest BCUT2D eigenvalue weighted by atomic mass is 16.6. The number of nitrogens with two attached hydrogens (primary N) is 1. The van der Waals surface area contributed by atoms with Gasteiger partial charge in [-0.05, 0) is 34.1 Å². The lowest BCUT2D eigenvalue weighted by atomic mass is 10.0. The number of rotatable bonds is 4. The lowest BCUT2D eigenvalue weighted by Crippen LogP contribution is -2.35. The summed E-state index contributed by atoms with van der Waals surface area (Å²) in [7, 11) is 0. The topological polar surface area (TPSA) is 89.6 Å². The maximum atomic E-state index is 11.5. The van der Waals surface area contributed by atoms with E-state index in [-0.39, 0.29) is 12.5 Å². The molecule has 0 aromatic carbocycles. The molecule has 0 rings (SSSR count). The summed E-state index contributed by atoms with van der Waals surface area (Å²) in [4.78, 5) is 22.3. The Morgan fingerprint density at radius 3 is 2.13 bits per heavy atom. The molecule has 0 aromatic rings. The minimum absolute atomic E-state index is 0.0875. The van der Waals surface area contributed by atoms with E-state index in [9.17, 15) is 9.59 Å². The van der Waals surface area contributed by atoms with Crippen molar-refractivity contribution in [3.8, 4) is 0 Å². The highest BCUT2D eigenvalue weighted by Gasteiger charge is 2.31. The zero-order valence-electron chi connectivity index (χ0n) is 9.61. The molecule has 88 valence electrons. The van der Waals surface area contributed by atoms with E-state index in [1.165, 1.54) is 0 Å². The van der Waals surface area contributed by atoms with Crippen molar-refractivity contribution in [2.45, 2.75) is 45.8 Å². The molecule has 3 N–H and O–H groups in total. The molecule has 0 aliphatic heterocycles. The number of hydrogen-bond donors (Lipinski definition) is 2. The molecule has 0 radical (unpaired) electrons. The first kappa shape index (κ1) is 13.9. The van der Waals surface area contributed by atoms with Crippen molar-refractivity contribution in [2.75, 3.05) is 0 Å². The van der Waals surface area contributed by atoms with Gasteiger partial charge < -0.3 is 15.6 Å². The van der Waals surface area contributed by atoms with Gasteiger partial charge >= 0.3 is 11.9 Å². The minimum Gasteiger partial charge on any atom is -0.481 e. The van der Waals surface area contributed by atoms with Gasteiger partial charge in [0.2, 0.25) is 0 Å². The third kappa shape index (κ3) is 6.06. The Labute approximate surface area is 89.6 Å². The number of carboxylic acid groups (broad SMARTS) is 1. The predicted molar refractivity (Wildman–Crippen MR) is 55.2 cm³/mol. The van der Waals surface area contributed by atoms with Crippen LogP contribution in [-0.2, 0) is 14.3 Å². The molecule has 0 heterocycles. The highest BCUT2D eigenvalue weighted by molar-refractivity contribution is 5.94. The van der Waals surface area contributed by atoms with Crippen molar-refractivity contribution in [3.63, 3.8) is 0 Å². The molecule has 0 aromatic heterocycles. The molecule has 0 fully saturated rings. The van der Waals surface area contributed by atoms with Crippen molar-refractivity contribution < 1.29 is 19.4 Å². The number of esters is 1. The SMILES string of the molecule is CC(N)C[C@@H](C(=O)O)C(=O)OC(C)(C)C. The Balaban J connectivity index is 4.50. The Morgan fingerprint density at radius 2 is 1.87 bits per heavy atom. The zero-order valence-corrected chi connectivity index (χ0v) is 9.61. The van der Waals surface area contributed by atoms with Gasteiger partial charge in [-0.25, -0.2) is 0 Å². The Hall–Kier alpha value is -1.10. The van der Waals surface area contributed by atoms with Crippen LogP contribution in [0.1, 0.15) is 34.1 Å². The van der Waals surface area contributed by atoms with E-state index in [2.05, 4.69) is 0 Å². The third-order valence-electron chi connectivity index (χ3n) is 1.60. The fourth-order valence-electron chi connectivity index (χ4n) is 1.04. The first-order valence-electron chi connectivity index (χ1n) is 4.84. The summed E-state index contributed by atoms with van der Waals surface area (Å²) in [5.41, 5.74) is 4.78. The Kier molecular flexibility index (Phi) is 4.74. The van der Waals surface area contributed by atoms with Crippen LogP contribution < -0.4 is 5.73 Å². The Bertz CT molecular complexity index is 242. The highest BCUT2D eigenvalue weighted by Crippen LogP contribution is 2.15. The van der Waals surface area contributed by atoms with Crippen LogP contribution in [0.4, 0.5) is 0 Å². The Morgan fingerprint density at radius 1 is 1.40 bits per heavy atom. The summed E-state index contributed by atoms with van der Waals surface area (Å²) in [6.45, 7) is 6.72. The van der Waals surface area contributed by atoms with Crippen LogP contribution in [0.2, 0.25) is 0 Å². The molecule has 0 amide bonds.